The molecular formula is C25H23FN6O3. The van der Waals surface area contributed by atoms with Gasteiger partial charge in [-0.2, -0.15) is 0 Å². The molecule has 0 fully saturated rings. The second-order valence-corrected chi connectivity index (χ2v) is 7.89. The van der Waals surface area contributed by atoms with Gasteiger partial charge in [-0.3, -0.25) is 9.78 Å². The monoisotopic (exact) mass is 474 g/mol. The zero-order chi connectivity index (χ0) is 24.2. The highest BCUT2D eigenvalue weighted by molar-refractivity contribution is 5.95. The maximum atomic E-state index is 14.2. The lowest BCUT2D eigenvalue weighted by molar-refractivity contribution is 0.0950. The van der Waals surface area contributed by atoms with E-state index >= 15 is 0 Å². The summed E-state index contributed by atoms with van der Waals surface area (Å²) in [6, 6.07) is 13.5. The number of anilines is 1. The molecule has 2 aromatic heterocycles. The van der Waals surface area contributed by atoms with Crippen LogP contribution in [0, 0.1) is 5.82 Å². The Morgan fingerprint density at radius 1 is 1.17 bits per heavy atom. The smallest absolute Gasteiger partial charge is 0.251 e. The molecule has 0 saturated heterocycles. The average Bonchev–Trinajstić information content (AvgIpc) is 3.19. The number of carbonyl (C=O) groups excluding carboxylic acids is 1. The van der Waals surface area contributed by atoms with Crippen LogP contribution in [0.1, 0.15) is 21.7 Å². The lowest BCUT2D eigenvalue weighted by Gasteiger charge is -2.11. The molecule has 4 aromatic rings. The van der Waals surface area contributed by atoms with Crippen molar-refractivity contribution in [3.63, 3.8) is 0 Å². The second kappa shape index (κ2) is 9.80. The van der Waals surface area contributed by atoms with Crippen LogP contribution in [-0.2, 0) is 19.6 Å². The van der Waals surface area contributed by atoms with Gasteiger partial charge in [0, 0.05) is 35.6 Å². The van der Waals surface area contributed by atoms with E-state index in [9.17, 15) is 9.18 Å². The number of rotatable bonds is 7. The molecule has 2 N–H and O–H groups in total. The van der Waals surface area contributed by atoms with Crippen LogP contribution >= 0.6 is 0 Å². The van der Waals surface area contributed by atoms with Gasteiger partial charge in [0.2, 0.25) is 0 Å². The normalized spacial score (nSPS) is 12.1. The molecule has 1 aliphatic heterocycles. The zero-order valence-electron chi connectivity index (χ0n) is 19.0. The van der Waals surface area contributed by atoms with Crippen LogP contribution in [-0.4, -0.2) is 39.4 Å². The van der Waals surface area contributed by atoms with Crippen molar-refractivity contribution in [2.75, 3.05) is 19.0 Å². The molecule has 1 amide bonds. The lowest BCUT2D eigenvalue weighted by atomic mass is 10.1. The number of pyridine rings is 1. The molecule has 10 heteroatoms. The SMILES string of the molecule is COc1ccc(CNC(=O)c2cccc(NCc3nnc4n3CCOc3cnccc3-4)c2)c(F)c1. The van der Waals surface area contributed by atoms with Crippen LogP contribution in [0.4, 0.5) is 10.1 Å². The molecule has 178 valence electrons. The number of hydrogen-bond donors (Lipinski definition) is 2. The minimum atomic E-state index is -0.434. The van der Waals surface area contributed by atoms with E-state index < -0.39 is 5.82 Å². The summed E-state index contributed by atoms with van der Waals surface area (Å²) in [5, 5.41) is 14.8. The predicted molar refractivity (Wildman–Crippen MR) is 127 cm³/mol. The van der Waals surface area contributed by atoms with Gasteiger partial charge < -0.3 is 24.7 Å². The fourth-order valence-corrected chi connectivity index (χ4v) is 3.85. The number of carbonyl (C=O) groups is 1. The molecule has 0 unspecified atom stereocenters. The first-order valence-corrected chi connectivity index (χ1v) is 11.1. The summed E-state index contributed by atoms with van der Waals surface area (Å²) in [5.41, 5.74) is 2.43. The number of methoxy groups -OCH3 is 1. The third-order valence-electron chi connectivity index (χ3n) is 5.70. The van der Waals surface area contributed by atoms with E-state index in [0.29, 0.717) is 42.3 Å². The number of ether oxygens (including phenoxy) is 2. The molecule has 1 aliphatic rings. The molecule has 0 atom stereocenters. The Morgan fingerprint density at radius 3 is 2.94 bits per heavy atom. The number of halogens is 1. The van der Waals surface area contributed by atoms with E-state index in [2.05, 4.69) is 25.8 Å². The molecule has 9 nitrogen and oxygen atoms in total. The molecule has 0 saturated carbocycles. The zero-order valence-corrected chi connectivity index (χ0v) is 19.0. The van der Waals surface area contributed by atoms with E-state index in [1.165, 1.54) is 13.2 Å². The van der Waals surface area contributed by atoms with Crippen molar-refractivity contribution in [1.82, 2.24) is 25.1 Å². The van der Waals surface area contributed by atoms with Gasteiger partial charge in [0.15, 0.2) is 11.6 Å². The van der Waals surface area contributed by atoms with Crippen LogP contribution in [0.2, 0.25) is 0 Å². The van der Waals surface area contributed by atoms with Gasteiger partial charge in [0.1, 0.15) is 23.9 Å². The van der Waals surface area contributed by atoms with Crippen LogP contribution in [0.15, 0.2) is 60.9 Å². The summed E-state index contributed by atoms with van der Waals surface area (Å²) < 4.78 is 26.9. The van der Waals surface area contributed by atoms with E-state index in [0.717, 1.165) is 22.9 Å². The first-order valence-electron chi connectivity index (χ1n) is 11.1. The fraction of sp³-hybridized carbons (Fsp3) is 0.200. The summed E-state index contributed by atoms with van der Waals surface area (Å²) in [6.45, 7) is 1.58. The molecule has 35 heavy (non-hydrogen) atoms. The minimum Gasteiger partial charge on any atom is -0.497 e. The molecule has 5 rings (SSSR count). The summed E-state index contributed by atoms with van der Waals surface area (Å²) in [7, 11) is 1.47. The fourth-order valence-electron chi connectivity index (χ4n) is 3.85. The first kappa shape index (κ1) is 22.3. The van der Waals surface area contributed by atoms with Crippen molar-refractivity contribution < 1.29 is 18.7 Å². The van der Waals surface area contributed by atoms with E-state index in [1.807, 2.05) is 16.7 Å². The van der Waals surface area contributed by atoms with Crippen molar-refractivity contribution in [2.45, 2.75) is 19.6 Å². The highest BCUT2D eigenvalue weighted by Gasteiger charge is 2.20. The van der Waals surface area contributed by atoms with Crippen molar-refractivity contribution in [2.24, 2.45) is 0 Å². The van der Waals surface area contributed by atoms with Gasteiger partial charge in [0.05, 0.1) is 32.0 Å². The van der Waals surface area contributed by atoms with Crippen molar-refractivity contribution in [3.8, 4) is 22.9 Å². The number of benzene rings is 2. The van der Waals surface area contributed by atoms with Crippen molar-refractivity contribution in [3.05, 3.63) is 83.7 Å². The summed E-state index contributed by atoms with van der Waals surface area (Å²) in [6.07, 6.45) is 3.38. The molecule has 0 spiro atoms. The minimum absolute atomic E-state index is 0.0667. The largest absolute Gasteiger partial charge is 0.497 e. The molecule has 2 aromatic carbocycles. The summed E-state index contributed by atoms with van der Waals surface area (Å²) >= 11 is 0. The number of fused-ring (bicyclic) bond motifs is 3. The van der Waals surface area contributed by atoms with Crippen LogP contribution in [0.3, 0.4) is 0 Å². The Balaban J connectivity index is 1.24. The van der Waals surface area contributed by atoms with Gasteiger partial charge >= 0.3 is 0 Å². The van der Waals surface area contributed by atoms with Crippen LogP contribution in [0.5, 0.6) is 11.5 Å². The molecule has 3 heterocycles. The third-order valence-corrected chi connectivity index (χ3v) is 5.70. The van der Waals surface area contributed by atoms with E-state index in [4.69, 9.17) is 9.47 Å². The Morgan fingerprint density at radius 2 is 2.09 bits per heavy atom. The standard InChI is InChI=1S/C25H23FN6O3/c1-34-19-6-5-17(21(26)12-19)13-29-25(33)16-3-2-4-18(11-16)28-15-23-30-31-24-20-7-8-27-14-22(20)35-10-9-32(23)24/h2-8,11-12,14,28H,9-10,13,15H2,1H3,(H,29,33). The molecular weight excluding hydrogens is 451 g/mol. The second-order valence-electron chi connectivity index (χ2n) is 7.89. The summed E-state index contributed by atoms with van der Waals surface area (Å²) in [4.78, 5) is 16.8. The van der Waals surface area contributed by atoms with E-state index in [-0.39, 0.29) is 12.5 Å². The van der Waals surface area contributed by atoms with Crippen LogP contribution < -0.4 is 20.1 Å². The van der Waals surface area contributed by atoms with E-state index in [1.54, 1.807) is 42.7 Å². The Kier molecular flexibility index (Phi) is 6.25. The first-order chi connectivity index (χ1) is 17.1. The van der Waals surface area contributed by atoms with Crippen LogP contribution in [0.25, 0.3) is 11.4 Å². The topological polar surface area (TPSA) is 103 Å². The third kappa shape index (κ3) is 4.77. The van der Waals surface area contributed by atoms with Gasteiger partial charge in [0.25, 0.3) is 5.91 Å². The highest BCUT2D eigenvalue weighted by Crippen LogP contribution is 2.30. The summed E-state index contributed by atoms with van der Waals surface area (Å²) in [5.74, 6) is 1.86. The highest BCUT2D eigenvalue weighted by atomic mass is 19.1. The van der Waals surface area contributed by atoms with Gasteiger partial charge in [-0.15, -0.1) is 10.2 Å². The maximum Gasteiger partial charge on any atom is 0.251 e. The quantitative estimate of drug-likeness (QED) is 0.423. The lowest BCUT2D eigenvalue weighted by Crippen LogP contribution is -2.23. The van der Waals surface area contributed by atoms with Crippen molar-refractivity contribution >= 4 is 11.6 Å². The number of amides is 1. The molecule has 0 aliphatic carbocycles. The molecule has 0 bridgehead atoms. The number of aromatic nitrogens is 4. The maximum absolute atomic E-state index is 14.2. The average molecular weight is 474 g/mol. The predicted octanol–water partition coefficient (Wildman–Crippen LogP) is 3.42. The van der Waals surface area contributed by atoms with Gasteiger partial charge in [-0.05, 0) is 30.3 Å². The van der Waals surface area contributed by atoms with Gasteiger partial charge in [-0.25, -0.2) is 4.39 Å². The van der Waals surface area contributed by atoms with Crippen molar-refractivity contribution in [1.29, 1.82) is 0 Å². The van der Waals surface area contributed by atoms with Gasteiger partial charge in [-0.1, -0.05) is 12.1 Å². The Labute approximate surface area is 200 Å². The molecule has 0 radical (unpaired) electrons. The number of hydrogen-bond acceptors (Lipinski definition) is 7. The number of nitrogens with one attached hydrogen (secondary N) is 2. The number of nitrogens with zero attached hydrogens (tertiary/aromatic N) is 4. The Bertz CT molecular complexity index is 1370. The Hall–Kier alpha value is -4.47.